The van der Waals surface area contributed by atoms with Gasteiger partial charge >= 0.3 is 0 Å². The highest BCUT2D eigenvalue weighted by Gasteiger charge is 2.21. The lowest BCUT2D eigenvalue weighted by Crippen LogP contribution is -2.21. The zero-order valence-electron chi connectivity index (χ0n) is 20.2. The minimum absolute atomic E-state index is 0.293. The highest BCUT2D eigenvalue weighted by atomic mass is 19.1. The second kappa shape index (κ2) is 12.9. The third kappa shape index (κ3) is 7.50. The number of hydrogen-bond donors (Lipinski definition) is 3. The maximum atomic E-state index is 13.1. The van der Waals surface area contributed by atoms with Crippen molar-refractivity contribution in [3.05, 3.63) is 94.5 Å². The average molecular weight is 450 g/mol. The van der Waals surface area contributed by atoms with Gasteiger partial charge in [-0.3, -0.25) is 4.79 Å². The molecule has 1 amide bonds. The Bertz CT molecular complexity index is 983. The van der Waals surface area contributed by atoms with Crippen LogP contribution in [0.15, 0.2) is 83.1 Å². The summed E-state index contributed by atoms with van der Waals surface area (Å²) >= 11 is 0. The first-order valence-corrected chi connectivity index (χ1v) is 11.5. The molecule has 0 bridgehead atoms. The third-order valence-corrected chi connectivity index (χ3v) is 6.28. The Morgan fingerprint density at radius 3 is 2.58 bits per heavy atom. The highest BCUT2D eigenvalue weighted by Crippen LogP contribution is 2.28. The third-order valence-electron chi connectivity index (χ3n) is 6.28. The number of hydrogen-bond acceptors (Lipinski definition) is 3. The van der Waals surface area contributed by atoms with E-state index in [1.807, 2.05) is 26.0 Å². The van der Waals surface area contributed by atoms with Gasteiger partial charge < -0.3 is 16.0 Å². The maximum Gasteiger partial charge on any atom is 0.255 e. The zero-order valence-corrected chi connectivity index (χ0v) is 20.2. The lowest BCUT2D eigenvalue weighted by atomic mass is 9.84. The highest BCUT2D eigenvalue weighted by molar-refractivity contribution is 5.95. The molecule has 2 atom stereocenters. The minimum Gasteiger partial charge on any atom is -0.326 e. The van der Waals surface area contributed by atoms with Crippen molar-refractivity contribution in [2.75, 3.05) is 13.1 Å². The summed E-state index contributed by atoms with van der Waals surface area (Å²) in [5.74, 6) is 0.313. The van der Waals surface area contributed by atoms with Gasteiger partial charge in [-0.05, 0) is 97.7 Å². The van der Waals surface area contributed by atoms with Crippen LogP contribution in [-0.2, 0) is 0 Å². The summed E-state index contributed by atoms with van der Waals surface area (Å²) in [7, 11) is 0. The molecule has 0 aliphatic carbocycles. The number of carbonyl (C=O) groups excluding carboxylic acids is 1. The average Bonchev–Trinajstić information content (AvgIpc) is 2.96. The van der Waals surface area contributed by atoms with E-state index in [1.54, 1.807) is 6.08 Å². The smallest absolute Gasteiger partial charge is 0.255 e. The molecule has 0 radical (unpaired) electrons. The number of halogens is 1. The fraction of sp³-hybridized carbons (Fsp3) is 0.357. The number of allylic oxidation sites excluding steroid dienone is 8. The molecule has 1 saturated heterocycles. The van der Waals surface area contributed by atoms with Crippen molar-refractivity contribution in [2.45, 2.75) is 40.5 Å². The van der Waals surface area contributed by atoms with Gasteiger partial charge in [0.25, 0.3) is 5.91 Å². The van der Waals surface area contributed by atoms with Crippen LogP contribution in [0.25, 0.3) is 0 Å². The maximum absolute atomic E-state index is 13.1. The van der Waals surface area contributed by atoms with E-state index in [9.17, 15) is 9.18 Å². The molecule has 1 aliphatic heterocycles. The van der Waals surface area contributed by atoms with Gasteiger partial charge in [0.1, 0.15) is 5.82 Å². The Labute approximate surface area is 197 Å². The van der Waals surface area contributed by atoms with Crippen LogP contribution < -0.4 is 10.6 Å². The number of rotatable bonds is 8. The number of nitrogens with one attached hydrogen (secondary N) is 3. The van der Waals surface area contributed by atoms with Crippen molar-refractivity contribution >= 4 is 12.1 Å². The molecule has 4 nitrogen and oxygen atoms in total. The largest absolute Gasteiger partial charge is 0.326 e. The second-order valence-corrected chi connectivity index (χ2v) is 8.53. The number of carbonyl (C=O) groups is 1. The molecule has 1 aliphatic rings. The molecule has 3 N–H and O–H groups in total. The molecule has 1 aromatic carbocycles. The normalized spacial score (nSPS) is 21.8. The monoisotopic (exact) mass is 449 g/mol. The van der Waals surface area contributed by atoms with E-state index in [-0.39, 0.29) is 11.7 Å². The van der Waals surface area contributed by atoms with Gasteiger partial charge in [0, 0.05) is 24.0 Å². The van der Waals surface area contributed by atoms with E-state index in [1.165, 1.54) is 36.1 Å². The Morgan fingerprint density at radius 2 is 1.97 bits per heavy atom. The molecular formula is C28H36FN3O. The standard InChI is InChI=1S/C28H36FN3O/c1-6-22(7-2)24(16-20(4)32-28(33)23-10-12-26(29)13-11-23)8-9-25(17-30)27-18-31-15-14-19(3)21(27)5/h6-8,10-13,16-17,19,21,30-31H,1,9,14-15,18H2,2-5H3,(H,32,33)/b20-16+,22-7-,24-8-,27-25-,30-17?. The van der Waals surface area contributed by atoms with Crippen molar-refractivity contribution in [2.24, 2.45) is 11.8 Å². The molecule has 1 heterocycles. The van der Waals surface area contributed by atoms with Gasteiger partial charge in [-0.15, -0.1) is 0 Å². The Hall–Kier alpha value is -3.05. The molecule has 1 aromatic rings. The van der Waals surface area contributed by atoms with Crippen LogP contribution in [0, 0.1) is 23.1 Å². The molecule has 0 aromatic heterocycles. The molecular weight excluding hydrogens is 413 g/mol. The summed E-state index contributed by atoms with van der Waals surface area (Å²) in [5.41, 5.74) is 5.23. The van der Waals surface area contributed by atoms with Crippen LogP contribution in [0.5, 0.6) is 0 Å². The van der Waals surface area contributed by atoms with E-state index < -0.39 is 0 Å². The summed E-state index contributed by atoms with van der Waals surface area (Å²) in [6.07, 6.45) is 11.0. The molecule has 5 heteroatoms. The van der Waals surface area contributed by atoms with Gasteiger partial charge in [0.2, 0.25) is 0 Å². The quantitative estimate of drug-likeness (QED) is 0.331. The Balaban J connectivity index is 2.31. The van der Waals surface area contributed by atoms with E-state index in [0.717, 1.165) is 36.2 Å². The molecule has 2 rings (SSSR count). The zero-order chi connectivity index (χ0) is 24.4. The second-order valence-electron chi connectivity index (χ2n) is 8.53. The molecule has 0 saturated carbocycles. The number of amides is 1. The summed E-state index contributed by atoms with van der Waals surface area (Å²) in [4.78, 5) is 12.5. The fourth-order valence-corrected chi connectivity index (χ4v) is 4.00. The van der Waals surface area contributed by atoms with E-state index in [2.05, 4.69) is 37.1 Å². The fourth-order valence-electron chi connectivity index (χ4n) is 4.00. The molecule has 1 fully saturated rings. The molecule has 2 unspecified atom stereocenters. The molecule has 176 valence electrons. The summed E-state index contributed by atoms with van der Waals surface area (Å²) in [6.45, 7) is 14.0. The van der Waals surface area contributed by atoms with Crippen LogP contribution >= 0.6 is 0 Å². The molecule has 33 heavy (non-hydrogen) atoms. The first-order chi connectivity index (χ1) is 15.8. The van der Waals surface area contributed by atoms with Gasteiger partial charge in [-0.25, -0.2) is 4.39 Å². The van der Waals surface area contributed by atoms with Crippen LogP contribution in [0.4, 0.5) is 4.39 Å². The summed E-state index contributed by atoms with van der Waals surface area (Å²) in [5, 5.41) is 14.4. The topological polar surface area (TPSA) is 65.0 Å². The van der Waals surface area contributed by atoms with Gasteiger partial charge in [-0.1, -0.05) is 38.7 Å². The van der Waals surface area contributed by atoms with E-state index >= 15 is 0 Å². The van der Waals surface area contributed by atoms with Crippen molar-refractivity contribution < 1.29 is 9.18 Å². The first kappa shape index (κ1) is 26.2. The number of benzene rings is 1. The van der Waals surface area contributed by atoms with Crippen LogP contribution in [0.3, 0.4) is 0 Å². The summed E-state index contributed by atoms with van der Waals surface area (Å²) in [6, 6.07) is 5.46. The summed E-state index contributed by atoms with van der Waals surface area (Å²) < 4.78 is 13.1. The first-order valence-electron chi connectivity index (χ1n) is 11.5. The predicted molar refractivity (Wildman–Crippen MR) is 136 cm³/mol. The van der Waals surface area contributed by atoms with E-state index in [4.69, 9.17) is 5.41 Å². The minimum atomic E-state index is -0.378. The van der Waals surface area contributed by atoms with Crippen LogP contribution in [0.2, 0.25) is 0 Å². The van der Waals surface area contributed by atoms with E-state index in [0.29, 0.717) is 29.5 Å². The van der Waals surface area contributed by atoms with Gasteiger partial charge in [-0.2, -0.15) is 0 Å². The predicted octanol–water partition coefficient (Wildman–Crippen LogP) is 6.12. The van der Waals surface area contributed by atoms with Crippen molar-refractivity contribution in [3.8, 4) is 0 Å². The van der Waals surface area contributed by atoms with Crippen molar-refractivity contribution in [1.82, 2.24) is 10.6 Å². The van der Waals surface area contributed by atoms with Gasteiger partial charge in [0.05, 0.1) is 0 Å². The SMILES string of the molecule is C=CC(=C/C)/C(=C\C/C(C=N)=C1\CNCCC(C)C1C)/C=C(\C)NC(=O)c1ccc(F)cc1. The van der Waals surface area contributed by atoms with Crippen molar-refractivity contribution in [1.29, 1.82) is 5.41 Å². The lowest BCUT2D eigenvalue weighted by Gasteiger charge is -2.21. The Kier molecular flexibility index (Phi) is 10.2. The van der Waals surface area contributed by atoms with Gasteiger partial charge in [0.15, 0.2) is 0 Å². The van der Waals surface area contributed by atoms with Crippen LogP contribution in [0.1, 0.15) is 50.9 Å². The van der Waals surface area contributed by atoms with Crippen LogP contribution in [-0.4, -0.2) is 25.2 Å². The molecule has 0 spiro atoms. The Morgan fingerprint density at radius 1 is 1.27 bits per heavy atom. The van der Waals surface area contributed by atoms with Crippen molar-refractivity contribution in [3.63, 3.8) is 0 Å². The lowest BCUT2D eigenvalue weighted by molar-refractivity contribution is 0.0966.